The molecule has 2 heteroatoms. The third-order valence-corrected chi connectivity index (χ3v) is 3.20. The molecule has 3 rings (SSSR count). The molecule has 0 atom stereocenters. The third-order valence-electron chi connectivity index (χ3n) is 3.20. The first-order valence-electron chi connectivity index (χ1n) is 6.95. The van der Waals surface area contributed by atoms with Gasteiger partial charge in [-0.3, -0.25) is 0 Å². The minimum atomic E-state index is 0.950. The molecule has 0 amide bonds. The Balaban J connectivity index is 1.86. The molecule has 0 unspecified atom stereocenters. The normalized spacial score (nSPS) is 18.0. The maximum Gasteiger partial charge on any atom is 0.0667 e. The Labute approximate surface area is 124 Å². The first-order valence-corrected chi connectivity index (χ1v) is 6.95. The van der Waals surface area contributed by atoms with E-state index in [1.54, 1.807) is 0 Å². The van der Waals surface area contributed by atoms with Crippen LogP contribution in [0.25, 0.3) is 0 Å². The van der Waals surface area contributed by atoms with Crippen LogP contribution in [0.1, 0.15) is 6.92 Å². The summed E-state index contributed by atoms with van der Waals surface area (Å²) in [5.74, 6) is 0. The van der Waals surface area contributed by atoms with Crippen molar-refractivity contribution in [1.29, 1.82) is 0 Å². The van der Waals surface area contributed by atoms with Gasteiger partial charge in [-0.05, 0) is 55.0 Å². The van der Waals surface area contributed by atoms with Gasteiger partial charge in [0.05, 0.1) is 22.8 Å². The van der Waals surface area contributed by atoms with Crippen LogP contribution in [0.15, 0.2) is 94.4 Å². The van der Waals surface area contributed by atoms with E-state index in [-0.39, 0.29) is 0 Å². The Morgan fingerprint density at radius 2 is 1.24 bits per heavy atom. The van der Waals surface area contributed by atoms with Gasteiger partial charge in [0.1, 0.15) is 0 Å². The first-order chi connectivity index (χ1) is 10.3. The van der Waals surface area contributed by atoms with Gasteiger partial charge in [-0.2, -0.15) is 0 Å². The second-order valence-electron chi connectivity index (χ2n) is 4.87. The Kier molecular flexibility index (Phi) is 3.88. The molecule has 0 fully saturated rings. The summed E-state index contributed by atoms with van der Waals surface area (Å²) in [6.45, 7) is 2.06. The Morgan fingerprint density at radius 1 is 0.667 bits per heavy atom. The third kappa shape index (κ3) is 3.42. The van der Waals surface area contributed by atoms with Crippen LogP contribution in [-0.4, -0.2) is 11.4 Å². The summed E-state index contributed by atoms with van der Waals surface area (Å²) in [6.07, 6.45) is 6.08. The van der Waals surface area contributed by atoms with E-state index in [9.17, 15) is 0 Å². The van der Waals surface area contributed by atoms with Gasteiger partial charge >= 0.3 is 0 Å². The Bertz CT molecular complexity index is 736. The molecule has 2 aromatic carbocycles. The summed E-state index contributed by atoms with van der Waals surface area (Å²) in [4.78, 5) is 9.26. The van der Waals surface area contributed by atoms with E-state index in [2.05, 4.69) is 23.0 Å². The summed E-state index contributed by atoms with van der Waals surface area (Å²) >= 11 is 0. The van der Waals surface area contributed by atoms with Crippen LogP contribution in [0.5, 0.6) is 0 Å². The number of para-hydroxylation sites is 2. The number of allylic oxidation sites excluding steroid dienone is 4. The maximum atomic E-state index is 4.65. The molecular weight excluding hydrogens is 256 g/mol. The average Bonchev–Trinajstić information content (AvgIpc) is 2.52. The largest absolute Gasteiger partial charge is 0.249 e. The van der Waals surface area contributed by atoms with E-state index in [1.165, 1.54) is 0 Å². The van der Waals surface area contributed by atoms with Crippen LogP contribution in [0.3, 0.4) is 0 Å². The molecule has 0 bridgehead atoms. The molecule has 2 nitrogen and oxygen atoms in total. The summed E-state index contributed by atoms with van der Waals surface area (Å²) in [5, 5.41) is 0. The lowest BCUT2D eigenvalue weighted by molar-refractivity contribution is 1.46. The zero-order valence-electron chi connectivity index (χ0n) is 11.9. The maximum absolute atomic E-state index is 4.65. The van der Waals surface area contributed by atoms with Crippen LogP contribution in [0.4, 0.5) is 11.4 Å². The molecular formula is C19H16N2. The molecule has 2 aromatic rings. The summed E-state index contributed by atoms with van der Waals surface area (Å²) in [7, 11) is 0. The molecule has 0 N–H and O–H groups in total. The molecule has 0 radical (unpaired) electrons. The molecule has 102 valence electrons. The predicted octanol–water partition coefficient (Wildman–Crippen LogP) is 5.05. The van der Waals surface area contributed by atoms with Gasteiger partial charge in [-0.1, -0.05) is 36.4 Å². The van der Waals surface area contributed by atoms with Crippen molar-refractivity contribution >= 4 is 22.8 Å². The van der Waals surface area contributed by atoms with Gasteiger partial charge in [0.2, 0.25) is 0 Å². The topological polar surface area (TPSA) is 24.7 Å². The van der Waals surface area contributed by atoms with E-state index >= 15 is 0 Å². The SMILES string of the molecule is CC1=CC(=Nc2ccccc2)C=CC1=Nc1ccccc1. The lowest BCUT2D eigenvalue weighted by Crippen LogP contribution is -2.05. The van der Waals surface area contributed by atoms with E-state index in [0.29, 0.717) is 0 Å². The standard InChI is InChI=1S/C19H16N2/c1-15-14-18(20-16-8-4-2-5-9-16)12-13-19(15)21-17-10-6-3-7-11-17/h2-14H,1H3. The van der Waals surface area contributed by atoms with Crippen molar-refractivity contribution in [3.63, 3.8) is 0 Å². The highest BCUT2D eigenvalue weighted by Gasteiger charge is 2.06. The van der Waals surface area contributed by atoms with Gasteiger partial charge in [0.25, 0.3) is 0 Å². The molecule has 0 heterocycles. The molecule has 0 spiro atoms. The van der Waals surface area contributed by atoms with Gasteiger partial charge < -0.3 is 0 Å². The minimum absolute atomic E-state index is 0.950. The van der Waals surface area contributed by atoms with Crippen LogP contribution < -0.4 is 0 Å². The van der Waals surface area contributed by atoms with Crippen LogP contribution in [0.2, 0.25) is 0 Å². The number of hydrogen-bond acceptors (Lipinski definition) is 2. The highest BCUT2D eigenvalue weighted by molar-refractivity contribution is 6.21. The second kappa shape index (κ2) is 6.14. The van der Waals surface area contributed by atoms with E-state index in [1.807, 2.05) is 72.8 Å². The molecule has 21 heavy (non-hydrogen) atoms. The zero-order chi connectivity index (χ0) is 14.5. The number of nitrogens with zero attached hydrogens (tertiary/aromatic N) is 2. The fourth-order valence-corrected chi connectivity index (χ4v) is 2.13. The summed E-state index contributed by atoms with van der Waals surface area (Å²) in [5.41, 5.74) is 4.98. The highest BCUT2D eigenvalue weighted by Crippen LogP contribution is 2.17. The lowest BCUT2D eigenvalue weighted by Gasteiger charge is -2.08. The van der Waals surface area contributed by atoms with Crippen molar-refractivity contribution in [2.75, 3.05) is 0 Å². The summed E-state index contributed by atoms with van der Waals surface area (Å²) in [6, 6.07) is 20.0. The van der Waals surface area contributed by atoms with Crippen LogP contribution >= 0.6 is 0 Å². The van der Waals surface area contributed by atoms with Crippen molar-refractivity contribution in [2.24, 2.45) is 9.98 Å². The van der Waals surface area contributed by atoms with Crippen molar-refractivity contribution in [1.82, 2.24) is 0 Å². The first kappa shape index (κ1) is 13.3. The zero-order valence-corrected chi connectivity index (χ0v) is 11.9. The number of hydrogen-bond donors (Lipinski definition) is 0. The Morgan fingerprint density at radius 3 is 1.81 bits per heavy atom. The van der Waals surface area contributed by atoms with Gasteiger partial charge in [-0.25, -0.2) is 9.98 Å². The average molecular weight is 272 g/mol. The van der Waals surface area contributed by atoms with Crippen LogP contribution in [-0.2, 0) is 0 Å². The van der Waals surface area contributed by atoms with Crippen molar-refractivity contribution in [3.05, 3.63) is 84.5 Å². The number of benzene rings is 2. The molecule has 1 aliphatic carbocycles. The quantitative estimate of drug-likeness (QED) is 0.684. The highest BCUT2D eigenvalue weighted by atomic mass is 14.8. The van der Waals surface area contributed by atoms with E-state index < -0.39 is 0 Å². The molecule has 0 saturated heterocycles. The van der Waals surface area contributed by atoms with E-state index in [0.717, 1.165) is 28.4 Å². The van der Waals surface area contributed by atoms with Crippen molar-refractivity contribution in [3.8, 4) is 0 Å². The van der Waals surface area contributed by atoms with Gasteiger partial charge in [-0.15, -0.1) is 0 Å². The molecule has 1 aliphatic rings. The fraction of sp³-hybridized carbons (Fsp3) is 0.0526. The smallest absolute Gasteiger partial charge is 0.0667 e. The predicted molar refractivity (Wildman–Crippen MR) is 90.0 cm³/mol. The monoisotopic (exact) mass is 272 g/mol. The fourth-order valence-electron chi connectivity index (χ4n) is 2.13. The lowest BCUT2D eigenvalue weighted by atomic mass is 10.0. The molecule has 0 aliphatic heterocycles. The molecule has 0 saturated carbocycles. The van der Waals surface area contributed by atoms with Gasteiger partial charge in [0.15, 0.2) is 0 Å². The van der Waals surface area contributed by atoms with Gasteiger partial charge in [0, 0.05) is 0 Å². The minimum Gasteiger partial charge on any atom is -0.249 e. The number of rotatable bonds is 2. The van der Waals surface area contributed by atoms with Crippen molar-refractivity contribution < 1.29 is 0 Å². The van der Waals surface area contributed by atoms with E-state index in [4.69, 9.17) is 0 Å². The van der Waals surface area contributed by atoms with Crippen LogP contribution in [0, 0.1) is 0 Å². The number of aliphatic imine (C=N–C) groups is 2. The van der Waals surface area contributed by atoms with Crippen molar-refractivity contribution in [2.45, 2.75) is 6.92 Å². The molecule has 0 aromatic heterocycles. The second-order valence-corrected chi connectivity index (χ2v) is 4.87. The Hall–Kier alpha value is -2.74. The summed E-state index contributed by atoms with van der Waals surface area (Å²) < 4.78 is 0.